The molecular weight excluding hydrogens is 174 g/mol. The molecule has 0 aliphatic carbocycles. The van der Waals surface area contributed by atoms with E-state index in [-0.39, 0.29) is 0 Å². The lowest BCUT2D eigenvalue weighted by Gasteiger charge is -2.31. The van der Waals surface area contributed by atoms with E-state index in [0.29, 0.717) is 12.1 Å². The third kappa shape index (κ3) is 3.97. The van der Waals surface area contributed by atoms with Crippen LogP contribution >= 0.6 is 0 Å². The third-order valence-corrected chi connectivity index (χ3v) is 3.09. The Hall–Kier alpha value is -0.0800. The molecule has 1 aliphatic rings. The van der Waals surface area contributed by atoms with Gasteiger partial charge in [0, 0.05) is 18.7 Å². The van der Waals surface area contributed by atoms with Gasteiger partial charge in [0.25, 0.3) is 0 Å². The van der Waals surface area contributed by atoms with Crippen molar-refractivity contribution < 1.29 is 4.74 Å². The molecule has 1 saturated heterocycles. The second-order valence-electron chi connectivity index (χ2n) is 4.46. The molecule has 0 aromatic heterocycles. The predicted molar refractivity (Wildman–Crippen MR) is 60.6 cm³/mol. The minimum atomic E-state index is 0.445. The summed E-state index contributed by atoms with van der Waals surface area (Å²) in [5.41, 5.74) is 0. The van der Waals surface area contributed by atoms with Crippen LogP contribution in [0.3, 0.4) is 0 Å². The van der Waals surface area contributed by atoms with Gasteiger partial charge in [-0.15, -0.1) is 0 Å². The molecule has 0 saturated carbocycles. The van der Waals surface area contributed by atoms with Crippen molar-refractivity contribution in [2.45, 2.75) is 71.1 Å². The van der Waals surface area contributed by atoms with Crippen molar-refractivity contribution in [3.8, 4) is 0 Å². The highest BCUT2D eigenvalue weighted by atomic mass is 16.5. The van der Waals surface area contributed by atoms with E-state index < -0.39 is 0 Å². The summed E-state index contributed by atoms with van der Waals surface area (Å²) in [6, 6.07) is 1.41. The molecule has 2 heteroatoms. The monoisotopic (exact) mass is 199 g/mol. The van der Waals surface area contributed by atoms with Gasteiger partial charge in [0.15, 0.2) is 0 Å². The van der Waals surface area contributed by atoms with Crippen molar-refractivity contribution >= 4 is 0 Å². The Morgan fingerprint density at radius 1 is 1.43 bits per heavy atom. The van der Waals surface area contributed by atoms with E-state index in [4.69, 9.17) is 4.74 Å². The van der Waals surface area contributed by atoms with Crippen LogP contribution in [0, 0.1) is 0 Å². The van der Waals surface area contributed by atoms with Crippen molar-refractivity contribution in [2.24, 2.45) is 0 Å². The van der Waals surface area contributed by atoms with Crippen molar-refractivity contribution in [3.05, 3.63) is 0 Å². The van der Waals surface area contributed by atoms with Crippen LogP contribution < -0.4 is 5.32 Å². The number of hydrogen-bond donors (Lipinski definition) is 1. The Kier molecular flexibility index (Phi) is 5.49. The van der Waals surface area contributed by atoms with E-state index in [2.05, 4.69) is 26.1 Å². The molecule has 1 N–H and O–H groups in total. The smallest absolute Gasteiger partial charge is 0.0561 e. The average molecular weight is 199 g/mol. The molecule has 0 aromatic rings. The quantitative estimate of drug-likeness (QED) is 0.735. The maximum absolute atomic E-state index is 5.54. The summed E-state index contributed by atoms with van der Waals surface area (Å²) in [6.07, 6.45) is 6.65. The van der Waals surface area contributed by atoms with Crippen molar-refractivity contribution in [1.82, 2.24) is 5.32 Å². The van der Waals surface area contributed by atoms with E-state index in [1.807, 2.05) is 0 Å². The Bertz CT molecular complexity index is 149. The lowest BCUT2D eigenvalue weighted by molar-refractivity contribution is 0.0109. The van der Waals surface area contributed by atoms with E-state index in [1.54, 1.807) is 0 Å². The number of nitrogens with one attached hydrogen (secondary N) is 1. The van der Waals surface area contributed by atoms with Crippen LogP contribution in [0.5, 0.6) is 0 Å². The second-order valence-corrected chi connectivity index (χ2v) is 4.46. The first-order chi connectivity index (χ1) is 6.76. The van der Waals surface area contributed by atoms with Gasteiger partial charge in [0.05, 0.1) is 6.10 Å². The van der Waals surface area contributed by atoms with Crippen LogP contribution in [0.4, 0.5) is 0 Å². The van der Waals surface area contributed by atoms with Crippen molar-refractivity contribution in [2.75, 3.05) is 6.61 Å². The van der Waals surface area contributed by atoms with Crippen LogP contribution in [0.1, 0.15) is 52.9 Å². The first kappa shape index (κ1) is 12.0. The van der Waals surface area contributed by atoms with Gasteiger partial charge in [-0.1, -0.05) is 20.3 Å². The van der Waals surface area contributed by atoms with E-state index in [1.165, 1.54) is 32.1 Å². The summed E-state index contributed by atoms with van der Waals surface area (Å²) < 4.78 is 5.54. The van der Waals surface area contributed by atoms with Crippen molar-refractivity contribution in [3.63, 3.8) is 0 Å². The summed E-state index contributed by atoms with van der Waals surface area (Å²) >= 11 is 0. The van der Waals surface area contributed by atoms with E-state index in [9.17, 15) is 0 Å². The van der Waals surface area contributed by atoms with Crippen LogP contribution in [0.15, 0.2) is 0 Å². The summed E-state index contributed by atoms with van der Waals surface area (Å²) in [6.45, 7) is 7.64. The number of ether oxygens (including phenoxy) is 1. The van der Waals surface area contributed by atoms with Gasteiger partial charge in [-0.2, -0.15) is 0 Å². The Balaban J connectivity index is 2.26. The molecule has 0 radical (unpaired) electrons. The maximum atomic E-state index is 5.54. The highest BCUT2D eigenvalue weighted by Crippen LogP contribution is 2.15. The lowest BCUT2D eigenvalue weighted by Crippen LogP contribution is -2.43. The molecule has 3 unspecified atom stereocenters. The van der Waals surface area contributed by atoms with Gasteiger partial charge in [-0.3, -0.25) is 0 Å². The predicted octanol–water partition coefficient (Wildman–Crippen LogP) is 2.72. The van der Waals surface area contributed by atoms with Gasteiger partial charge >= 0.3 is 0 Å². The molecule has 3 atom stereocenters. The van der Waals surface area contributed by atoms with Gasteiger partial charge in [-0.25, -0.2) is 0 Å². The summed E-state index contributed by atoms with van der Waals surface area (Å²) in [7, 11) is 0. The largest absolute Gasteiger partial charge is 0.378 e. The Morgan fingerprint density at radius 3 is 2.79 bits per heavy atom. The van der Waals surface area contributed by atoms with Crippen molar-refractivity contribution in [1.29, 1.82) is 0 Å². The number of rotatable bonds is 5. The van der Waals surface area contributed by atoms with E-state index >= 15 is 0 Å². The third-order valence-electron chi connectivity index (χ3n) is 3.09. The number of hydrogen-bond acceptors (Lipinski definition) is 2. The first-order valence-corrected chi connectivity index (χ1v) is 6.13. The minimum absolute atomic E-state index is 0.445. The van der Waals surface area contributed by atoms with Gasteiger partial charge in [0.2, 0.25) is 0 Å². The molecule has 1 rings (SSSR count). The minimum Gasteiger partial charge on any atom is -0.378 e. The highest BCUT2D eigenvalue weighted by Gasteiger charge is 2.20. The van der Waals surface area contributed by atoms with Gasteiger partial charge < -0.3 is 10.1 Å². The molecule has 1 aliphatic heterocycles. The van der Waals surface area contributed by atoms with E-state index in [0.717, 1.165) is 12.6 Å². The zero-order chi connectivity index (χ0) is 10.4. The second kappa shape index (κ2) is 6.41. The average Bonchev–Trinajstić information content (AvgIpc) is 2.17. The van der Waals surface area contributed by atoms with Crippen LogP contribution in [0.2, 0.25) is 0 Å². The Morgan fingerprint density at radius 2 is 2.21 bits per heavy atom. The molecule has 14 heavy (non-hydrogen) atoms. The molecule has 2 nitrogen and oxygen atoms in total. The zero-order valence-electron chi connectivity index (χ0n) is 9.88. The standard InChI is InChI=1S/C12H25NO/c1-4-6-11(5-2)13-12-7-8-14-10(3)9-12/h10-13H,4-9H2,1-3H3. The van der Waals surface area contributed by atoms with Crippen LogP contribution in [-0.4, -0.2) is 24.8 Å². The molecule has 0 aromatic carbocycles. The maximum Gasteiger partial charge on any atom is 0.0561 e. The fourth-order valence-corrected chi connectivity index (χ4v) is 2.24. The lowest BCUT2D eigenvalue weighted by atomic mass is 10.0. The topological polar surface area (TPSA) is 21.3 Å². The van der Waals surface area contributed by atoms with Crippen LogP contribution in [0.25, 0.3) is 0 Å². The fraction of sp³-hybridized carbons (Fsp3) is 1.00. The first-order valence-electron chi connectivity index (χ1n) is 6.13. The molecule has 1 fully saturated rings. The van der Waals surface area contributed by atoms with Crippen LogP contribution in [-0.2, 0) is 4.74 Å². The zero-order valence-corrected chi connectivity index (χ0v) is 9.88. The molecule has 0 spiro atoms. The molecule has 84 valence electrons. The van der Waals surface area contributed by atoms with Gasteiger partial charge in [0.1, 0.15) is 0 Å². The highest BCUT2D eigenvalue weighted by molar-refractivity contribution is 4.78. The van der Waals surface area contributed by atoms with Gasteiger partial charge in [-0.05, 0) is 32.6 Å². The summed E-state index contributed by atoms with van der Waals surface area (Å²) in [5, 5.41) is 3.76. The molecule has 1 heterocycles. The Labute approximate surface area is 88.4 Å². The molecular formula is C12H25NO. The summed E-state index contributed by atoms with van der Waals surface area (Å²) in [5.74, 6) is 0. The molecule has 0 bridgehead atoms. The fourth-order valence-electron chi connectivity index (χ4n) is 2.24. The summed E-state index contributed by atoms with van der Waals surface area (Å²) in [4.78, 5) is 0. The molecule has 0 amide bonds. The normalized spacial score (nSPS) is 30.2. The SMILES string of the molecule is CCCC(CC)NC1CCOC(C)C1.